The zero-order valence-electron chi connectivity index (χ0n) is 12.4. The summed E-state index contributed by atoms with van der Waals surface area (Å²) in [6, 6.07) is 5.64. The van der Waals surface area contributed by atoms with Gasteiger partial charge in [-0.05, 0) is 55.9 Å². The molecule has 0 aromatic heterocycles. The van der Waals surface area contributed by atoms with Gasteiger partial charge >= 0.3 is 0 Å². The van der Waals surface area contributed by atoms with E-state index in [-0.39, 0.29) is 5.82 Å². The number of benzene rings is 1. The van der Waals surface area contributed by atoms with Gasteiger partial charge in [0, 0.05) is 35.4 Å². The zero-order chi connectivity index (χ0) is 14.8. The SMILES string of the molecule is CS[C@H]1CN(Cc2cc(F)ccc2Br)C[C@H]1N1CCCC1. The van der Waals surface area contributed by atoms with Gasteiger partial charge in [-0.25, -0.2) is 4.39 Å². The minimum atomic E-state index is -0.148. The molecule has 2 fully saturated rings. The summed E-state index contributed by atoms with van der Waals surface area (Å²) in [5.74, 6) is -0.148. The van der Waals surface area contributed by atoms with E-state index in [1.54, 1.807) is 6.07 Å². The molecule has 0 radical (unpaired) electrons. The molecule has 0 N–H and O–H groups in total. The van der Waals surface area contributed by atoms with Crippen LogP contribution < -0.4 is 0 Å². The number of rotatable bonds is 4. The molecular weight excluding hydrogens is 351 g/mol. The second kappa shape index (κ2) is 6.99. The van der Waals surface area contributed by atoms with Crippen molar-refractivity contribution in [3.63, 3.8) is 0 Å². The molecule has 1 aromatic carbocycles. The van der Waals surface area contributed by atoms with Gasteiger partial charge in [0.15, 0.2) is 0 Å². The highest BCUT2D eigenvalue weighted by atomic mass is 79.9. The molecule has 1 aromatic rings. The lowest BCUT2D eigenvalue weighted by atomic mass is 10.2. The summed E-state index contributed by atoms with van der Waals surface area (Å²) >= 11 is 5.52. The Morgan fingerprint density at radius 3 is 2.76 bits per heavy atom. The Bertz CT molecular complexity index is 493. The summed E-state index contributed by atoms with van der Waals surface area (Å²) in [5, 5.41) is 0.676. The predicted octanol–water partition coefficient (Wildman–Crippen LogP) is 3.60. The molecular formula is C16H22BrFN2S. The summed E-state index contributed by atoms with van der Waals surface area (Å²) < 4.78 is 14.4. The fourth-order valence-corrected chi connectivity index (χ4v) is 4.83. The summed E-state index contributed by atoms with van der Waals surface area (Å²) in [6.07, 6.45) is 4.90. The molecule has 2 aliphatic heterocycles. The van der Waals surface area contributed by atoms with Gasteiger partial charge < -0.3 is 0 Å². The number of thioether (sulfide) groups is 1. The van der Waals surface area contributed by atoms with Crippen molar-refractivity contribution in [2.45, 2.75) is 30.7 Å². The molecule has 0 spiro atoms. The van der Waals surface area contributed by atoms with Gasteiger partial charge in [0.05, 0.1) is 0 Å². The minimum absolute atomic E-state index is 0.148. The van der Waals surface area contributed by atoms with Crippen LogP contribution in [-0.2, 0) is 6.54 Å². The first kappa shape index (κ1) is 15.8. The topological polar surface area (TPSA) is 6.48 Å². The molecule has 2 atom stereocenters. The largest absolute Gasteiger partial charge is 0.298 e. The van der Waals surface area contributed by atoms with Crippen molar-refractivity contribution in [2.24, 2.45) is 0 Å². The van der Waals surface area contributed by atoms with Crippen LogP contribution in [0.2, 0.25) is 0 Å². The monoisotopic (exact) mass is 372 g/mol. The van der Waals surface area contributed by atoms with Crippen LogP contribution in [0.5, 0.6) is 0 Å². The van der Waals surface area contributed by atoms with Crippen molar-refractivity contribution < 1.29 is 4.39 Å². The Kier molecular flexibility index (Phi) is 5.25. The third-order valence-corrected chi connectivity index (χ3v) is 6.47. The van der Waals surface area contributed by atoms with Crippen molar-refractivity contribution in [1.82, 2.24) is 9.80 Å². The van der Waals surface area contributed by atoms with Crippen LogP contribution >= 0.6 is 27.7 Å². The summed E-state index contributed by atoms with van der Waals surface area (Å²) in [5.41, 5.74) is 1.05. The van der Waals surface area contributed by atoms with Gasteiger partial charge in [-0.15, -0.1) is 0 Å². The molecule has 0 unspecified atom stereocenters. The smallest absolute Gasteiger partial charge is 0.123 e. The van der Waals surface area contributed by atoms with E-state index >= 15 is 0 Å². The summed E-state index contributed by atoms with van der Waals surface area (Å²) in [6.45, 7) is 5.54. The number of likely N-dealkylation sites (tertiary alicyclic amines) is 2. The lowest BCUT2D eigenvalue weighted by Gasteiger charge is -2.27. The molecule has 2 nitrogen and oxygen atoms in total. The third kappa shape index (κ3) is 3.63. The normalized spacial score (nSPS) is 27.6. The predicted molar refractivity (Wildman–Crippen MR) is 91.3 cm³/mol. The van der Waals surface area contributed by atoms with E-state index in [0.29, 0.717) is 11.3 Å². The van der Waals surface area contributed by atoms with Crippen molar-refractivity contribution in [1.29, 1.82) is 0 Å². The maximum absolute atomic E-state index is 13.4. The van der Waals surface area contributed by atoms with Crippen LogP contribution in [0.25, 0.3) is 0 Å². The van der Waals surface area contributed by atoms with Gasteiger partial charge in [0.1, 0.15) is 5.82 Å². The van der Waals surface area contributed by atoms with Gasteiger partial charge in [-0.1, -0.05) is 15.9 Å². The molecule has 0 bridgehead atoms. The molecule has 3 rings (SSSR count). The Morgan fingerprint density at radius 2 is 2.05 bits per heavy atom. The average Bonchev–Trinajstić information content (AvgIpc) is 3.11. The maximum Gasteiger partial charge on any atom is 0.123 e. The third-order valence-electron chi connectivity index (χ3n) is 4.63. The Balaban J connectivity index is 1.68. The van der Waals surface area contributed by atoms with Gasteiger partial charge in [0.2, 0.25) is 0 Å². The Morgan fingerprint density at radius 1 is 1.29 bits per heavy atom. The molecule has 0 saturated carbocycles. The van der Waals surface area contributed by atoms with Crippen LogP contribution in [0.3, 0.4) is 0 Å². The summed E-state index contributed by atoms with van der Waals surface area (Å²) in [4.78, 5) is 5.13. The van der Waals surface area contributed by atoms with Crippen LogP contribution in [0.1, 0.15) is 18.4 Å². The van der Waals surface area contributed by atoms with Crippen molar-refractivity contribution in [3.8, 4) is 0 Å². The molecule has 0 aliphatic carbocycles. The highest BCUT2D eigenvalue weighted by molar-refractivity contribution is 9.10. The lowest BCUT2D eigenvalue weighted by Crippen LogP contribution is -2.40. The molecule has 2 heterocycles. The molecule has 2 aliphatic rings. The van der Waals surface area contributed by atoms with Crippen molar-refractivity contribution in [3.05, 3.63) is 34.1 Å². The van der Waals surface area contributed by atoms with E-state index in [2.05, 4.69) is 32.0 Å². The maximum atomic E-state index is 13.4. The minimum Gasteiger partial charge on any atom is -0.298 e. The highest BCUT2D eigenvalue weighted by Gasteiger charge is 2.37. The van der Waals surface area contributed by atoms with E-state index < -0.39 is 0 Å². The fraction of sp³-hybridized carbons (Fsp3) is 0.625. The highest BCUT2D eigenvalue weighted by Crippen LogP contribution is 2.30. The van der Waals surface area contributed by atoms with E-state index in [0.717, 1.165) is 29.7 Å². The van der Waals surface area contributed by atoms with Crippen LogP contribution in [-0.4, -0.2) is 53.5 Å². The molecule has 5 heteroatoms. The average molecular weight is 373 g/mol. The number of halogens is 2. The van der Waals surface area contributed by atoms with Crippen molar-refractivity contribution in [2.75, 3.05) is 32.4 Å². The van der Waals surface area contributed by atoms with E-state index in [1.807, 2.05) is 17.8 Å². The first-order valence-electron chi connectivity index (χ1n) is 7.60. The molecule has 2 saturated heterocycles. The Labute approximate surface area is 139 Å². The standard InChI is InChI=1S/C16H22BrFN2S/c1-21-16-11-19(10-15(16)20-6-2-3-7-20)9-12-8-13(18)4-5-14(12)17/h4-5,8,15-16H,2-3,6-7,9-11H2,1H3/t15-,16+/m1/s1. The number of hydrogen-bond donors (Lipinski definition) is 0. The second-order valence-electron chi connectivity index (χ2n) is 6.01. The molecule has 0 amide bonds. The van der Waals surface area contributed by atoms with Gasteiger partial charge in [-0.3, -0.25) is 9.80 Å². The van der Waals surface area contributed by atoms with E-state index in [4.69, 9.17) is 0 Å². The van der Waals surface area contributed by atoms with Crippen LogP contribution in [0.15, 0.2) is 22.7 Å². The fourth-order valence-electron chi connectivity index (χ4n) is 3.52. The molecule has 116 valence electrons. The quantitative estimate of drug-likeness (QED) is 0.796. The van der Waals surface area contributed by atoms with E-state index in [1.165, 1.54) is 32.0 Å². The van der Waals surface area contributed by atoms with Gasteiger partial charge in [-0.2, -0.15) is 11.8 Å². The second-order valence-corrected chi connectivity index (χ2v) is 7.95. The Hall–Kier alpha value is -0.100. The zero-order valence-corrected chi connectivity index (χ0v) is 14.8. The lowest BCUT2D eigenvalue weighted by molar-refractivity contribution is 0.231. The number of nitrogens with zero attached hydrogens (tertiary/aromatic N) is 2. The molecule has 21 heavy (non-hydrogen) atoms. The first-order valence-corrected chi connectivity index (χ1v) is 9.68. The first-order chi connectivity index (χ1) is 10.2. The van der Waals surface area contributed by atoms with Gasteiger partial charge in [0.25, 0.3) is 0 Å². The van der Waals surface area contributed by atoms with Crippen LogP contribution in [0, 0.1) is 5.82 Å². The number of hydrogen-bond acceptors (Lipinski definition) is 3. The van der Waals surface area contributed by atoms with Crippen LogP contribution in [0.4, 0.5) is 4.39 Å². The summed E-state index contributed by atoms with van der Waals surface area (Å²) in [7, 11) is 0. The van der Waals surface area contributed by atoms with E-state index in [9.17, 15) is 4.39 Å². The van der Waals surface area contributed by atoms with Crippen molar-refractivity contribution >= 4 is 27.7 Å².